The van der Waals surface area contributed by atoms with E-state index in [-0.39, 0.29) is 0 Å². The largest absolute Gasteiger partial charge is 0.481 e. The average molecular weight is 367 g/mol. The van der Waals surface area contributed by atoms with Crippen molar-refractivity contribution in [3.8, 4) is 0 Å². The van der Waals surface area contributed by atoms with Crippen LogP contribution >= 0.6 is 0 Å². The third-order valence-electron chi connectivity index (χ3n) is 5.26. The summed E-state index contributed by atoms with van der Waals surface area (Å²) in [6.07, 6.45) is 26.5. The third-order valence-corrected chi connectivity index (χ3v) is 5.26. The summed E-state index contributed by atoms with van der Waals surface area (Å²) in [6, 6.07) is 0. The Morgan fingerprint density at radius 3 is 1.23 bits per heavy atom. The Balaban J connectivity index is 3.07. The highest BCUT2D eigenvalue weighted by Gasteiger charge is 1.97. The Morgan fingerprint density at radius 1 is 0.615 bits per heavy atom. The molecule has 0 atom stereocenters. The number of allylic oxidation sites excluding steroid dienone is 2. The lowest BCUT2D eigenvalue weighted by molar-refractivity contribution is -0.137. The van der Waals surface area contributed by atoms with Crippen molar-refractivity contribution in [3.05, 3.63) is 11.6 Å². The van der Waals surface area contributed by atoms with Crippen molar-refractivity contribution in [1.82, 2.24) is 0 Å². The van der Waals surface area contributed by atoms with E-state index in [4.69, 9.17) is 5.11 Å². The Labute approximate surface area is 163 Å². The number of hydrogen-bond acceptors (Lipinski definition) is 1. The van der Waals surface area contributed by atoms with Gasteiger partial charge in [-0.3, -0.25) is 4.79 Å². The van der Waals surface area contributed by atoms with Crippen LogP contribution in [0.4, 0.5) is 0 Å². The maximum absolute atomic E-state index is 10.4. The Kier molecular flexibility index (Phi) is 19.9. The van der Waals surface area contributed by atoms with Gasteiger partial charge >= 0.3 is 5.97 Å². The van der Waals surface area contributed by atoms with Crippen LogP contribution in [0.15, 0.2) is 11.6 Å². The van der Waals surface area contributed by atoms with Crippen molar-refractivity contribution in [2.24, 2.45) is 0 Å². The van der Waals surface area contributed by atoms with Crippen LogP contribution in [0.2, 0.25) is 0 Å². The smallest absolute Gasteiger partial charge is 0.303 e. The number of unbranched alkanes of at least 4 members (excludes halogenated alkanes) is 15. The molecule has 26 heavy (non-hydrogen) atoms. The first kappa shape index (κ1) is 25.2. The first-order chi connectivity index (χ1) is 12.7. The lowest BCUT2D eigenvalue weighted by atomic mass is 10.0. The predicted octanol–water partition coefficient (Wildman–Crippen LogP) is 8.45. The normalized spacial score (nSPS) is 11.8. The van der Waals surface area contributed by atoms with Crippen LogP contribution in [-0.2, 0) is 4.79 Å². The summed E-state index contributed by atoms with van der Waals surface area (Å²) < 4.78 is 0. The van der Waals surface area contributed by atoms with Gasteiger partial charge in [-0.15, -0.1) is 0 Å². The summed E-state index contributed by atoms with van der Waals surface area (Å²) in [5, 5.41) is 8.57. The van der Waals surface area contributed by atoms with Crippen LogP contribution in [0.3, 0.4) is 0 Å². The second-order valence-electron chi connectivity index (χ2n) is 8.01. The first-order valence-electron chi connectivity index (χ1n) is 11.5. The highest BCUT2D eigenvalue weighted by molar-refractivity contribution is 5.66. The molecule has 2 nitrogen and oxygen atoms in total. The van der Waals surface area contributed by atoms with Crippen molar-refractivity contribution in [2.45, 2.75) is 136 Å². The molecule has 0 amide bonds. The van der Waals surface area contributed by atoms with E-state index in [9.17, 15) is 4.79 Å². The van der Waals surface area contributed by atoms with Gasteiger partial charge in [-0.1, -0.05) is 108 Å². The van der Waals surface area contributed by atoms with Gasteiger partial charge in [0.05, 0.1) is 0 Å². The monoisotopic (exact) mass is 366 g/mol. The van der Waals surface area contributed by atoms with E-state index in [0.29, 0.717) is 6.42 Å². The maximum Gasteiger partial charge on any atom is 0.303 e. The minimum absolute atomic E-state index is 0.343. The molecular formula is C24H46O2. The van der Waals surface area contributed by atoms with E-state index < -0.39 is 5.97 Å². The Bertz CT molecular complexity index is 333. The zero-order chi connectivity index (χ0) is 19.3. The van der Waals surface area contributed by atoms with Crippen LogP contribution < -0.4 is 0 Å². The quantitative estimate of drug-likeness (QED) is 0.173. The third kappa shape index (κ3) is 21.3. The number of hydrogen-bond donors (Lipinski definition) is 1. The highest BCUT2D eigenvalue weighted by atomic mass is 16.4. The van der Waals surface area contributed by atoms with Gasteiger partial charge in [0.15, 0.2) is 0 Å². The van der Waals surface area contributed by atoms with E-state index >= 15 is 0 Å². The van der Waals surface area contributed by atoms with E-state index in [1.165, 1.54) is 103 Å². The molecule has 0 saturated heterocycles. The lowest BCUT2D eigenvalue weighted by Crippen LogP contribution is -1.93. The fraction of sp³-hybridized carbons (Fsp3) is 0.875. The molecule has 2 heteroatoms. The summed E-state index contributed by atoms with van der Waals surface area (Å²) in [7, 11) is 0. The van der Waals surface area contributed by atoms with Crippen molar-refractivity contribution >= 4 is 5.97 Å². The zero-order valence-corrected chi connectivity index (χ0v) is 17.9. The summed E-state index contributed by atoms with van der Waals surface area (Å²) in [5.74, 6) is -0.653. The number of aliphatic carboxylic acids is 1. The zero-order valence-electron chi connectivity index (χ0n) is 17.9. The van der Waals surface area contributed by atoms with Crippen LogP contribution in [0.25, 0.3) is 0 Å². The number of carboxylic acid groups (broad SMARTS) is 1. The molecule has 0 bridgehead atoms. The molecule has 1 N–H and O–H groups in total. The number of rotatable bonds is 20. The molecular weight excluding hydrogens is 320 g/mol. The predicted molar refractivity (Wildman–Crippen MR) is 115 cm³/mol. The molecule has 0 aliphatic heterocycles. The van der Waals surface area contributed by atoms with Crippen molar-refractivity contribution in [3.63, 3.8) is 0 Å². The van der Waals surface area contributed by atoms with Gasteiger partial charge in [-0.2, -0.15) is 0 Å². The second-order valence-corrected chi connectivity index (χ2v) is 8.01. The minimum atomic E-state index is -0.653. The molecule has 0 aliphatic carbocycles. The van der Waals surface area contributed by atoms with E-state index in [0.717, 1.165) is 12.8 Å². The van der Waals surface area contributed by atoms with Crippen molar-refractivity contribution in [1.29, 1.82) is 0 Å². The Hall–Kier alpha value is -0.790. The summed E-state index contributed by atoms with van der Waals surface area (Å²) in [5.41, 5.74) is 1.57. The number of carboxylic acids is 1. The standard InChI is InChI=1S/C24H46O2/c1-3-20-23(2)21-18-16-14-12-10-8-6-4-5-7-9-11-13-15-17-19-22-24(25)26/h20H,3-19,21-22H2,1-2H3,(H,25,26)/b23-20-. The van der Waals surface area contributed by atoms with E-state index in [2.05, 4.69) is 19.9 Å². The summed E-state index contributed by atoms with van der Waals surface area (Å²) in [6.45, 7) is 4.49. The van der Waals surface area contributed by atoms with Gasteiger partial charge in [0, 0.05) is 6.42 Å². The molecule has 0 unspecified atom stereocenters. The number of carbonyl (C=O) groups is 1. The Morgan fingerprint density at radius 2 is 0.923 bits per heavy atom. The minimum Gasteiger partial charge on any atom is -0.481 e. The maximum atomic E-state index is 10.4. The van der Waals surface area contributed by atoms with Crippen molar-refractivity contribution < 1.29 is 9.90 Å². The summed E-state index contributed by atoms with van der Waals surface area (Å²) >= 11 is 0. The van der Waals surface area contributed by atoms with Gasteiger partial charge in [0.25, 0.3) is 0 Å². The van der Waals surface area contributed by atoms with Gasteiger partial charge in [0.2, 0.25) is 0 Å². The molecule has 0 aromatic rings. The van der Waals surface area contributed by atoms with Crippen LogP contribution in [0, 0.1) is 0 Å². The average Bonchev–Trinajstić information content (AvgIpc) is 2.60. The molecule has 0 saturated carbocycles. The van der Waals surface area contributed by atoms with E-state index in [1.807, 2.05) is 0 Å². The summed E-state index contributed by atoms with van der Waals surface area (Å²) in [4.78, 5) is 10.4. The SMILES string of the molecule is CC/C=C(/C)CCCCCCCCCCCCCCCCCCC(=O)O. The van der Waals surface area contributed by atoms with Crippen LogP contribution in [0.5, 0.6) is 0 Å². The molecule has 0 radical (unpaired) electrons. The molecule has 154 valence electrons. The van der Waals surface area contributed by atoms with Crippen LogP contribution in [0.1, 0.15) is 136 Å². The van der Waals surface area contributed by atoms with Gasteiger partial charge in [-0.25, -0.2) is 0 Å². The second kappa shape index (κ2) is 20.5. The van der Waals surface area contributed by atoms with Gasteiger partial charge < -0.3 is 5.11 Å². The molecule has 0 heterocycles. The topological polar surface area (TPSA) is 37.3 Å². The van der Waals surface area contributed by atoms with Gasteiger partial charge in [-0.05, 0) is 32.6 Å². The fourth-order valence-electron chi connectivity index (χ4n) is 3.61. The fourth-order valence-corrected chi connectivity index (χ4v) is 3.61. The molecule has 0 aliphatic rings. The van der Waals surface area contributed by atoms with Gasteiger partial charge in [0.1, 0.15) is 0 Å². The van der Waals surface area contributed by atoms with E-state index in [1.54, 1.807) is 5.57 Å². The molecule has 0 spiro atoms. The molecule has 0 aromatic heterocycles. The molecule has 0 fully saturated rings. The van der Waals surface area contributed by atoms with Crippen LogP contribution in [-0.4, -0.2) is 11.1 Å². The highest BCUT2D eigenvalue weighted by Crippen LogP contribution is 2.15. The van der Waals surface area contributed by atoms with Crippen molar-refractivity contribution in [2.75, 3.05) is 0 Å². The lowest BCUT2D eigenvalue weighted by Gasteiger charge is -2.04. The first-order valence-corrected chi connectivity index (χ1v) is 11.5. The molecule has 0 rings (SSSR count). The molecule has 0 aromatic carbocycles.